The van der Waals surface area contributed by atoms with Crippen LogP contribution in [0.3, 0.4) is 0 Å². The minimum atomic E-state index is -2.05. The van der Waals surface area contributed by atoms with E-state index in [-0.39, 0.29) is 0 Å². The third-order valence-electron chi connectivity index (χ3n) is 6.38. The molecule has 4 atom stereocenters. The smallest absolute Gasteiger partial charge is 0.218 e. The molecule has 2 bridgehead atoms. The molecule has 0 radical (unpaired) electrons. The van der Waals surface area contributed by atoms with Crippen LogP contribution in [0.4, 0.5) is 0 Å². The number of nitrogens with one attached hydrogen (secondary N) is 1. The molecule has 8 heteroatoms. The molecule has 4 rings (SSSR count). The van der Waals surface area contributed by atoms with Crippen molar-refractivity contribution in [1.29, 1.82) is 21.2 Å². The first-order valence-electron chi connectivity index (χ1n) is 9.83. The molecule has 2 aliphatic rings. The highest BCUT2D eigenvalue weighted by molar-refractivity contribution is 5.90. The zero-order valence-corrected chi connectivity index (χ0v) is 17.7. The van der Waals surface area contributed by atoms with Crippen LogP contribution in [0.25, 0.3) is 0 Å². The highest BCUT2D eigenvalue weighted by Crippen LogP contribution is 2.69. The molecule has 0 spiro atoms. The van der Waals surface area contributed by atoms with Gasteiger partial charge in [0.25, 0.3) is 0 Å². The van der Waals surface area contributed by atoms with Gasteiger partial charge in [-0.1, -0.05) is 24.3 Å². The molecule has 2 fully saturated rings. The Morgan fingerprint density at radius 3 is 1.78 bits per heavy atom. The molecular formula is C24H20N4O4. The van der Waals surface area contributed by atoms with Gasteiger partial charge in [0.05, 0.1) is 38.3 Å². The van der Waals surface area contributed by atoms with Crippen LogP contribution in [0.5, 0.6) is 11.5 Å². The second-order valence-corrected chi connectivity index (χ2v) is 7.88. The second-order valence-electron chi connectivity index (χ2n) is 7.88. The monoisotopic (exact) mass is 428 g/mol. The van der Waals surface area contributed by atoms with Gasteiger partial charge in [-0.25, -0.2) is 0 Å². The Balaban J connectivity index is 1.97. The molecule has 2 aliphatic heterocycles. The maximum absolute atomic E-state index is 10.5. The van der Waals surface area contributed by atoms with Crippen molar-refractivity contribution in [3.63, 3.8) is 0 Å². The van der Waals surface area contributed by atoms with E-state index in [4.69, 9.17) is 24.4 Å². The third-order valence-corrected chi connectivity index (χ3v) is 6.38. The number of nitriles is 3. The summed E-state index contributed by atoms with van der Waals surface area (Å²) >= 11 is 0. The van der Waals surface area contributed by atoms with Gasteiger partial charge < -0.3 is 18.9 Å². The number of fused-ring (bicyclic) bond motifs is 2. The summed E-state index contributed by atoms with van der Waals surface area (Å²) in [5, 5.41) is 39.7. The van der Waals surface area contributed by atoms with Gasteiger partial charge in [-0.15, -0.1) is 0 Å². The number of methoxy groups -OCH3 is 2. The number of hydrogen-bond donors (Lipinski definition) is 1. The maximum Gasteiger partial charge on any atom is 0.218 e. The van der Waals surface area contributed by atoms with Gasteiger partial charge in [0.2, 0.25) is 17.1 Å². The third kappa shape index (κ3) is 2.52. The standard InChI is InChI=1S/C24H20N4O4/c1-22-19(15-4-8-17(29-2)9-5-15)24(14-27,21(28)32-22)23(12-25,13-26)20(31-22)16-6-10-18(30-3)11-7-16/h4-11,19-20,28H,1-3H3. The predicted octanol–water partition coefficient (Wildman–Crippen LogP) is 3.83. The van der Waals surface area contributed by atoms with Gasteiger partial charge in [-0.2, -0.15) is 15.8 Å². The van der Waals surface area contributed by atoms with Gasteiger partial charge >= 0.3 is 0 Å². The van der Waals surface area contributed by atoms with E-state index in [1.165, 1.54) is 14.2 Å². The van der Waals surface area contributed by atoms with Crippen LogP contribution in [-0.2, 0) is 9.47 Å². The van der Waals surface area contributed by atoms with Crippen LogP contribution < -0.4 is 9.47 Å². The fourth-order valence-electron chi connectivity index (χ4n) is 4.86. The van der Waals surface area contributed by atoms with Crippen molar-refractivity contribution in [3.05, 3.63) is 59.7 Å². The highest BCUT2D eigenvalue weighted by Gasteiger charge is 2.79. The molecule has 2 heterocycles. The number of ether oxygens (including phenoxy) is 4. The summed E-state index contributed by atoms with van der Waals surface area (Å²) in [6.45, 7) is 1.63. The van der Waals surface area contributed by atoms with Crippen LogP contribution in [-0.4, -0.2) is 25.9 Å². The normalized spacial score (nSPS) is 29.7. The molecule has 4 unspecified atom stereocenters. The summed E-state index contributed by atoms with van der Waals surface area (Å²) in [4.78, 5) is 0. The van der Waals surface area contributed by atoms with Crippen LogP contribution in [0, 0.1) is 50.2 Å². The van der Waals surface area contributed by atoms with E-state index >= 15 is 0 Å². The van der Waals surface area contributed by atoms with Gasteiger partial charge in [-0.3, -0.25) is 5.41 Å². The quantitative estimate of drug-likeness (QED) is 0.782. The van der Waals surface area contributed by atoms with Crippen molar-refractivity contribution < 1.29 is 18.9 Å². The highest BCUT2D eigenvalue weighted by atomic mass is 16.7. The minimum absolute atomic E-state index is 0.456. The zero-order valence-electron chi connectivity index (χ0n) is 17.7. The molecule has 160 valence electrons. The van der Waals surface area contributed by atoms with Crippen molar-refractivity contribution in [2.75, 3.05) is 14.2 Å². The Bertz CT molecular complexity index is 1170. The summed E-state index contributed by atoms with van der Waals surface area (Å²) in [5.41, 5.74) is -2.84. The van der Waals surface area contributed by atoms with Crippen LogP contribution >= 0.6 is 0 Å². The second kappa shape index (κ2) is 7.27. The molecule has 0 aliphatic carbocycles. The van der Waals surface area contributed by atoms with Crippen molar-refractivity contribution >= 4 is 5.90 Å². The predicted molar refractivity (Wildman–Crippen MR) is 111 cm³/mol. The molecule has 32 heavy (non-hydrogen) atoms. The largest absolute Gasteiger partial charge is 0.497 e. The minimum Gasteiger partial charge on any atom is -0.497 e. The van der Waals surface area contributed by atoms with E-state index in [1.807, 2.05) is 12.1 Å². The Hall–Kier alpha value is -4.06. The Kier molecular flexibility index (Phi) is 4.81. The van der Waals surface area contributed by atoms with Crippen LogP contribution in [0.2, 0.25) is 0 Å². The number of benzene rings is 2. The molecule has 0 amide bonds. The first kappa shape index (κ1) is 21.2. The molecule has 0 saturated carbocycles. The lowest BCUT2D eigenvalue weighted by molar-refractivity contribution is -0.253. The van der Waals surface area contributed by atoms with Crippen LogP contribution in [0.1, 0.15) is 30.1 Å². The molecule has 0 aromatic heterocycles. The average molecular weight is 428 g/mol. The van der Waals surface area contributed by atoms with Crippen LogP contribution in [0.15, 0.2) is 48.5 Å². The molecule has 2 aromatic rings. The maximum atomic E-state index is 10.5. The van der Waals surface area contributed by atoms with Crippen molar-refractivity contribution in [1.82, 2.24) is 0 Å². The molecule has 1 N–H and O–H groups in total. The average Bonchev–Trinajstić information content (AvgIpc) is 3.01. The van der Waals surface area contributed by atoms with Gasteiger partial charge in [0.1, 0.15) is 17.6 Å². The van der Waals surface area contributed by atoms with E-state index in [0.717, 1.165) is 0 Å². The van der Waals surface area contributed by atoms with E-state index in [0.29, 0.717) is 22.6 Å². The van der Waals surface area contributed by atoms with Crippen molar-refractivity contribution in [2.45, 2.75) is 24.7 Å². The molecule has 2 aromatic carbocycles. The number of hydrogen-bond acceptors (Lipinski definition) is 8. The first-order valence-corrected chi connectivity index (χ1v) is 9.83. The van der Waals surface area contributed by atoms with E-state index < -0.39 is 34.5 Å². The van der Waals surface area contributed by atoms with Gasteiger partial charge in [0, 0.05) is 6.92 Å². The Morgan fingerprint density at radius 2 is 1.34 bits per heavy atom. The summed E-state index contributed by atoms with van der Waals surface area (Å²) in [6.07, 6.45) is -1.13. The molecule has 8 nitrogen and oxygen atoms in total. The fraction of sp³-hybridized carbons (Fsp3) is 0.333. The first-order chi connectivity index (χ1) is 15.4. The fourth-order valence-corrected chi connectivity index (χ4v) is 4.86. The SMILES string of the molecule is COc1ccc(C2OC3(C)OC(=N)C(C#N)(C3c3ccc(OC)cc3)C2(C#N)C#N)cc1. The lowest BCUT2D eigenvalue weighted by atomic mass is 9.52. The zero-order chi connectivity index (χ0) is 23.1. The molecular weight excluding hydrogens is 408 g/mol. The lowest BCUT2D eigenvalue weighted by Crippen LogP contribution is -2.57. The number of rotatable bonds is 4. The van der Waals surface area contributed by atoms with E-state index in [9.17, 15) is 15.8 Å². The number of nitrogens with zero attached hydrogens (tertiary/aromatic N) is 3. The molecule has 2 saturated heterocycles. The summed E-state index contributed by atoms with van der Waals surface area (Å²) in [5.74, 6) is -1.61. The lowest BCUT2D eigenvalue weighted by Gasteiger charge is -2.48. The van der Waals surface area contributed by atoms with Gasteiger partial charge in [-0.05, 0) is 35.4 Å². The van der Waals surface area contributed by atoms with E-state index in [2.05, 4.69) is 6.07 Å². The Morgan fingerprint density at radius 1 is 0.844 bits per heavy atom. The van der Waals surface area contributed by atoms with Gasteiger partial charge in [0.15, 0.2) is 5.41 Å². The topological polar surface area (TPSA) is 132 Å². The van der Waals surface area contributed by atoms with Crippen molar-refractivity contribution in [3.8, 4) is 29.7 Å². The summed E-state index contributed by atoms with van der Waals surface area (Å²) < 4.78 is 22.5. The summed E-state index contributed by atoms with van der Waals surface area (Å²) in [6, 6.07) is 19.8. The summed E-state index contributed by atoms with van der Waals surface area (Å²) in [7, 11) is 3.07. The van der Waals surface area contributed by atoms with Crippen molar-refractivity contribution in [2.24, 2.45) is 10.8 Å². The van der Waals surface area contributed by atoms with E-state index in [1.54, 1.807) is 55.5 Å². The Labute approximate surface area is 185 Å².